The number of pyridine rings is 1. The molecule has 3 aromatic heterocycles. The summed E-state index contributed by atoms with van der Waals surface area (Å²) in [5.41, 5.74) is 0.122. The van der Waals surface area contributed by atoms with Crippen molar-refractivity contribution in [1.82, 2.24) is 45.4 Å². The molecule has 0 aliphatic heterocycles. The average molecular weight is 905 g/mol. The first-order chi connectivity index (χ1) is 30.2. The molecule has 0 fully saturated rings. The van der Waals surface area contributed by atoms with Gasteiger partial charge in [0.15, 0.2) is 11.2 Å². The van der Waals surface area contributed by atoms with Gasteiger partial charge in [-0.05, 0) is 66.6 Å². The molecule has 66 heavy (non-hydrogen) atoms. The van der Waals surface area contributed by atoms with Crippen LogP contribution < -0.4 is 10.6 Å². The molecule has 0 aliphatic carbocycles. The van der Waals surface area contributed by atoms with Crippen molar-refractivity contribution >= 4 is 46.1 Å². The summed E-state index contributed by atoms with van der Waals surface area (Å²) in [5, 5.41) is 16.7. The van der Waals surface area contributed by atoms with Gasteiger partial charge in [0.05, 0.1) is 39.8 Å². The smallest absolute Gasteiger partial charge is 0.410 e. The lowest BCUT2D eigenvalue weighted by Crippen LogP contribution is -2.58. The van der Waals surface area contributed by atoms with Crippen molar-refractivity contribution in [1.29, 1.82) is 5.26 Å². The summed E-state index contributed by atoms with van der Waals surface area (Å²) in [6.45, 7) is 26.3. The maximum Gasteiger partial charge on any atom is 0.410 e. The summed E-state index contributed by atoms with van der Waals surface area (Å²) in [6.07, 6.45) is -1.25. The highest BCUT2D eigenvalue weighted by Gasteiger charge is 2.51. The molecule has 5 rings (SSSR count). The molecule has 4 atom stereocenters. The molecule has 16 heteroatoms. The second kappa shape index (κ2) is 17.7. The molecule has 16 nitrogen and oxygen atoms in total. The van der Waals surface area contributed by atoms with Crippen molar-refractivity contribution in [3.05, 3.63) is 65.9 Å². The van der Waals surface area contributed by atoms with Crippen LogP contribution >= 0.6 is 0 Å². The first-order valence-electron chi connectivity index (χ1n) is 22.1. The van der Waals surface area contributed by atoms with Gasteiger partial charge in [-0.25, -0.2) is 24.5 Å². The van der Waals surface area contributed by atoms with E-state index in [2.05, 4.69) is 26.7 Å². The molecule has 5 aromatic rings. The largest absolute Gasteiger partial charge is 0.432 e. The number of nitrogens with zero attached hydrogens (tertiary/aromatic N) is 6. The summed E-state index contributed by atoms with van der Waals surface area (Å²) in [4.78, 5) is 77.6. The Morgan fingerprint density at radius 3 is 1.35 bits per heavy atom. The minimum atomic E-state index is -1.51. The molecule has 0 bridgehead atoms. The molecule has 2 unspecified atom stereocenters. The Morgan fingerprint density at radius 1 is 0.591 bits per heavy atom. The van der Waals surface area contributed by atoms with Gasteiger partial charge in [-0.2, -0.15) is 5.26 Å². The molecule has 0 saturated carbocycles. The van der Waals surface area contributed by atoms with Gasteiger partial charge in [0.25, 0.3) is 11.8 Å². The third kappa shape index (κ3) is 10.1. The van der Waals surface area contributed by atoms with Crippen LogP contribution in [-0.2, 0) is 19.1 Å². The number of hydrogen-bond donors (Lipinski definition) is 4. The first kappa shape index (κ1) is 50.5. The van der Waals surface area contributed by atoms with Gasteiger partial charge >= 0.3 is 12.2 Å². The van der Waals surface area contributed by atoms with Crippen molar-refractivity contribution in [2.45, 2.75) is 120 Å². The number of benzene rings is 2. The Kier molecular flexibility index (Phi) is 13.6. The number of amides is 4. The SMILES string of the molecule is CN(C)C(=O)OC(C)(C(=O)N[C@H](c1nc2ccc(-c3ccc(-c4ccc5nc([C@@H](NC(=O)C(C)(OC(=O)N(C)C)C(C)(C)C)C(C)(C)C)[nH]c5c4)c(C#N)n3)cc2[nH]1)C(C)(C)C)C(C)(C)C. The minimum absolute atomic E-state index is 0.220. The van der Waals surface area contributed by atoms with Gasteiger partial charge in [-0.15, -0.1) is 0 Å². The van der Waals surface area contributed by atoms with Crippen LogP contribution in [0.15, 0.2) is 48.5 Å². The molecule has 3 heterocycles. The van der Waals surface area contributed by atoms with Crippen molar-refractivity contribution in [2.24, 2.45) is 21.7 Å². The van der Waals surface area contributed by atoms with Gasteiger partial charge in [0.2, 0.25) is 0 Å². The second-order valence-electron chi connectivity index (χ2n) is 22.0. The predicted octanol–water partition coefficient (Wildman–Crippen LogP) is 9.45. The van der Waals surface area contributed by atoms with Crippen LogP contribution in [0.4, 0.5) is 9.59 Å². The second-order valence-corrected chi connectivity index (χ2v) is 22.0. The molecule has 0 spiro atoms. The zero-order valence-electron chi connectivity index (χ0n) is 41.9. The van der Waals surface area contributed by atoms with Crippen LogP contribution in [0.5, 0.6) is 0 Å². The Balaban J connectivity index is 1.45. The van der Waals surface area contributed by atoms with Gasteiger partial charge in [0.1, 0.15) is 23.4 Å². The number of aromatic nitrogens is 5. The lowest BCUT2D eigenvalue weighted by Gasteiger charge is -2.42. The number of carbonyl (C=O) groups excluding carboxylic acids is 4. The Labute approximate surface area is 388 Å². The maximum atomic E-state index is 14.1. The highest BCUT2D eigenvalue weighted by molar-refractivity contribution is 5.90. The zero-order valence-corrected chi connectivity index (χ0v) is 41.9. The van der Waals surface area contributed by atoms with E-state index >= 15 is 0 Å². The number of fused-ring (bicyclic) bond motifs is 2. The number of hydrogen-bond acceptors (Lipinski definition) is 10. The van der Waals surface area contributed by atoms with E-state index in [-0.39, 0.29) is 5.69 Å². The van der Waals surface area contributed by atoms with E-state index in [9.17, 15) is 24.4 Å². The van der Waals surface area contributed by atoms with Gasteiger partial charge in [-0.1, -0.05) is 95.2 Å². The molecule has 0 aliphatic rings. The van der Waals surface area contributed by atoms with Crippen LogP contribution in [0, 0.1) is 33.0 Å². The van der Waals surface area contributed by atoms with Crippen molar-refractivity contribution in [3.8, 4) is 28.5 Å². The number of ether oxygens (including phenoxy) is 2. The minimum Gasteiger partial charge on any atom is -0.432 e. The number of nitriles is 1. The van der Waals surface area contributed by atoms with Gasteiger partial charge < -0.3 is 39.9 Å². The lowest BCUT2D eigenvalue weighted by atomic mass is 9.76. The molecule has 354 valence electrons. The van der Waals surface area contributed by atoms with E-state index < -0.39 is 68.9 Å². The van der Waals surface area contributed by atoms with E-state index in [0.29, 0.717) is 45.0 Å². The third-order valence-electron chi connectivity index (χ3n) is 12.5. The monoisotopic (exact) mass is 905 g/mol. The molecular weight excluding hydrogens is 837 g/mol. The van der Waals surface area contributed by atoms with Crippen LogP contribution in [0.2, 0.25) is 0 Å². The molecular formula is C50H68N10O6. The van der Waals surface area contributed by atoms with E-state index in [1.165, 1.54) is 9.80 Å². The Hall–Kier alpha value is -6.50. The highest BCUT2D eigenvalue weighted by atomic mass is 16.6. The van der Waals surface area contributed by atoms with Crippen LogP contribution in [0.25, 0.3) is 44.5 Å². The maximum absolute atomic E-state index is 14.1. The fourth-order valence-corrected chi connectivity index (χ4v) is 7.14. The fourth-order valence-electron chi connectivity index (χ4n) is 7.14. The summed E-state index contributed by atoms with van der Waals surface area (Å²) in [6, 6.07) is 16.1. The Bertz CT molecular complexity index is 2700. The van der Waals surface area contributed by atoms with Crippen LogP contribution in [0.3, 0.4) is 0 Å². The Morgan fingerprint density at radius 2 is 0.985 bits per heavy atom. The van der Waals surface area contributed by atoms with Crippen LogP contribution in [0.1, 0.15) is 126 Å². The first-order valence-corrected chi connectivity index (χ1v) is 22.1. The summed E-state index contributed by atoms with van der Waals surface area (Å²) in [7, 11) is 6.28. The summed E-state index contributed by atoms with van der Waals surface area (Å²) < 4.78 is 11.6. The molecule has 4 amide bonds. The van der Waals surface area contributed by atoms with E-state index in [0.717, 1.165) is 11.1 Å². The van der Waals surface area contributed by atoms with Crippen molar-refractivity contribution in [3.63, 3.8) is 0 Å². The number of rotatable bonds is 10. The standard InChI is InChI=1S/C50H68N10O6/c1-45(2,3)37(57-41(61)49(13,47(7,8)9)65-43(63)59(15)16)39-53-32-22-19-28(25-34(32)55-39)30-21-24-31(52-36(30)27-51)29-20-23-33-35(26-29)56-40(54-33)38(46(4,5)6)58-42(62)50(14,48(10,11)12)66-44(64)60(17)18/h19-26,37-38H,1-18H3,(H,53,55)(H,54,56)(H,57,61)(H,58,62)/t37-,38-,49?,50?/m1/s1. The van der Waals surface area contributed by atoms with E-state index in [4.69, 9.17) is 24.4 Å². The van der Waals surface area contributed by atoms with E-state index in [1.807, 2.05) is 132 Å². The summed E-state index contributed by atoms with van der Waals surface area (Å²) >= 11 is 0. The molecule has 2 aromatic carbocycles. The number of imidazole rings is 2. The molecule has 0 saturated heterocycles. The lowest BCUT2D eigenvalue weighted by molar-refractivity contribution is -0.153. The topological polar surface area (TPSA) is 211 Å². The number of nitrogens with one attached hydrogen (secondary N) is 4. The normalized spacial score (nSPS) is 15.2. The quantitative estimate of drug-likeness (QED) is 0.104. The van der Waals surface area contributed by atoms with Crippen molar-refractivity contribution < 1.29 is 28.7 Å². The third-order valence-corrected chi connectivity index (χ3v) is 12.5. The predicted molar refractivity (Wildman–Crippen MR) is 256 cm³/mol. The van der Waals surface area contributed by atoms with Crippen LogP contribution in [-0.4, -0.2) is 98.1 Å². The van der Waals surface area contributed by atoms with Gasteiger partial charge in [0, 0.05) is 50.1 Å². The molecule has 0 radical (unpaired) electrons. The number of carbonyl (C=O) groups is 4. The fraction of sp³-hybridized carbons (Fsp3) is 0.520. The summed E-state index contributed by atoms with van der Waals surface area (Å²) in [5.74, 6) is 0.151. The number of H-pyrrole nitrogens is 2. The van der Waals surface area contributed by atoms with E-state index in [1.54, 1.807) is 42.0 Å². The number of aromatic amines is 2. The highest BCUT2D eigenvalue weighted by Crippen LogP contribution is 2.40. The van der Waals surface area contributed by atoms with Crippen molar-refractivity contribution in [2.75, 3.05) is 28.2 Å². The average Bonchev–Trinajstić information content (AvgIpc) is 3.82. The zero-order chi connectivity index (χ0) is 49.7. The van der Waals surface area contributed by atoms with Gasteiger partial charge in [-0.3, -0.25) is 9.59 Å². The molecule has 4 N–H and O–H groups in total.